The van der Waals surface area contributed by atoms with E-state index in [4.69, 9.17) is 22.3 Å². The summed E-state index contributed by atoms with van der Waals surface area (Å²) < 4.78 is 0. The lowest BCUT2D eigenvalue weighted by atomic mass is 10.0. The zero-order chi connectivity index (χ0) is 61.0. The van der Waals surface area contributed by atoms with Crippen molar-refractivity contribution < 1.29 is 93.0 Å². The monoisotopic (exact) mass is 1130 g/mol. The third-order valence-electron chi connectivity index (χ3n) is 11.5. The van der Waals surface area contributed by atoms with Crippen LogP contribution >= 0.6 is 0 Å². The summed E-state index contributed by atoms with van der Waals surface area (Å²) in [4.78, 5) is 167. The fraction of sp³-hybridized carbons (Fsp3) is 0.723. The number of hydrogen-bond donors (Lipinski definition) is 19. The lowest BCUT2D eigenvalue weighted by Crippen LogP contribution is -2.63. The third kappa shape index (κ3) is 27.8. The van der Waals surface area contributed by atoms with Gasteiger partial charge < -0.3 is 101 Å². The molecule has 0 fully saturated rings. The number of unbranched alkanes of at least 4 members (excludes halogenated alkanes) is 1. The lowest BCUT2D eigenvalue weighted by molar-refractivity contribution is -0.147. The minimum absolute atomic E-state index is 0.00954. The molecule has 0 spiro atoms. The van der Waals surface area contributed by atoms with E-state index < -0.39 is 188 Å². The number of hydrogen-bond acceptors (Lipinski definition) is 19. The molecule has 0 aromatic rings. The highest BCUT2D eigenvalue weighted by Gasteiger charge is 2.37. The van der Waals surface area contributed by atoms with Gasteiger partial charge in [0.05, 0.1) is 37.9 Å². The fourth-order valence-corrected chi connectivity index (χ4v) is 7.10. The first-order valence-electron chi connectivity index (χ1n) is 25.5. The van der Waals surface area contributed by atoms with E-state index in [1.165, 1.54) is 13.8 Å². The summed E-state index contributed by atoms with van der Waals surface area (Å²) >= 11 is 0. The predicted molar refractivity (Wildman–Crippen MR) is 276 cm³/mol. The van der Waals surface area contributed by atoms with Crippen LogP contribution in [0, 0.1) is 11.8 Å². The van der Waals surface area contributed by atoms with Crippen molar-refractivity contribution in [2.45, 2.75) is 185 Å². The van der Waals surface area contributed by atoms with E-state index in [9.17, 15) is 87.9 Å². The average molecular weight is 1130 g/mol. The van der Waals surface area contributed by atoms with Gasteiger partial charge in [-0.2, -0.15) is 0 Å². The van der Waals surface area contributed by atoms with Gasteiger partial charge in [-0.25, -0.2) is 4.79 Å². The number of aliphatic hydroxyl groups excluding tert-OH is 4. The van der Waals surface area contributed by atoms with Crippen LogP contribution in [0.25, 0.3) is 0 Å². The second-order valence-electron chi connectivity index (χ2n) is 19.8. The molecule has 13 atom stereocenters. The van der Waals surface area contributed by atoms with Crippen LogP contribution in [-0.4, -0.2) is 206 Å². The van der Waals surface area contributed by atoms with E-state index in [1.807, 2.05) is 5.32 Å². The average Bonchev–Trinajstić information content (AvgIpc) is 3.34. The smallest absolute Gasteiger partial charge is 0.326 e. The van der Waals surface area contributed by atoms with Crippen molar-refractivity contribution in [3.05, 3.63) is 0 Å². The minimum atomic E-state index is -1.91. The van der Waals surface area contributed by atoms with Gasteiger partial charge in [0.2, 0.25) is 65.0 Å². The quantitative estimate of drug-likeness (QED) is 0.0255. The third-order valence-corrected chi connectivity index (χ3v) is 11.5. The van der Waals surface area contributed by atoms with Crippen LogP contribution in [0.1, 0.15) is 107 Å². The number of nitrogens with two attached hydrogens (primary N) is 3. The second kappa shape index (κ2) is 36.1. The topological polar surface area (TPSA) is 542 Å². The SMILES string of the molecule is CC(C)C[C@H](NC(=O)[C@H](C)NC(=O)[C@@H](NC(=O)[C@H](CO)NC(=O)[C@@H](NC(=O)[C@@H](N)[C@@H](C)O)[C@@H](C)O)[C@@H](C)O)C(=O)NCC(=O)N[C@@H](CCCCN)C(=O)N[C@@H](CC(C)C)C(=O)N[C@@H](CCC(N)=O)C(=O)N[C@@H](CC(=O)O)C(=O)O. The second-order valence-corrected chi connectivity index (χ2v) is 19.8. The van der Waals surface area contributed by atoms with Gasteiger partial charge in [0.15, 0.2) is 0 Å². The molecule has 0 aliphatic carbocycles. The summed E-state index contributed by atoms with van der Waals surface area (Å²) in [6.45, 7) is 9.79. The van der Waals surface area contributed by atoms with E-state index >= 15 is 0 Å². The van der Waals surface area contributed by atoms with Crippen molar-refractivity contribution >= 4 is 76.9 Å². The first-order chi connectivity index (χ1) is 36.7. The Hall–Kier alpha value is -7.13. The zero-order valence-electron chi connectivity index (χ0n) is 45.7. The van der Waals surface area contributed by atoms with Crippen LogP contribution in [-0.2, 0) is 62.3 Å². The molecule has 11 amide bonds. The summed E-state index contributed by atoms with van der Waals surface area (Å²) in [7, 11) is 0. The molecule has 0 saturated heterocycles. The molecule has 22 N–H and O–H groups in total. The maximum absolute atomic E-state index is 13.8. The lowest BCUT2D eigenvalue weighted by Gasteiger charge is -2.28. The standard InChI is InChI=1S/C47H83N13O19/c1-20(2)15-28(55-38(69)22(5)52-45(76)36(24(7)63)59-43(74)31(19-61)58-46(77)37(25(8)64)60-44(75)35(50)23(6)62)39(70)51-18-33(66)53-26(11-9-10-14-48)40(71)56-29(16-21(3)4)42(73)54-27(12-13-32(49)65)41(72)57-30(47(78)79)17-34(67)68/h20-31,35-37,61-64H,9-19,48,50H2,1-8H3,(H2,49,65)(H,51,70)(H,52,76)(H,53,66)(H,54,73)(H,55,69)(H,56,71)(H,57,72)(H,58,77)(H,59,74)(H,60,75)(H,67,68)(H,78,79)/t22-,23+,24+,25+,26-,27-,28-,29-,30-,31-,35-,36-,37-/m0/s1. The van der Waals surface area contributed by atoms with Crippen LogP contribution in [0.15, 0.2) is 0 Å². The van der Waals surface area contributed by atoms with Crippen LogP contribution in [0.3, 0.4) is 0 Å². The van der Waals surface area contributed by atoms with Crippen molar-refractivity contribution in [1.29, 1.82) is 0 Å². The highest BCUT2D eigenvalue weighted by atomic mass is 16.4. The molecule has 0 heterocycles. The van der Waals surface area contributed by atoms with Gasteiger partial charge in [-0.15, -0.1) is 0 Å². The first-order valence-corrected chi connectivity index (χ1v) is 25.5. The van der Waals surface area contributed by atoms with Gasteiger partial charge in [-0.05, 0) is 84.6 Å². The van der Waals surface area contributed by atoms with Gasteiger partial charge >= 0.3 is 11.9 Å². The Balaban J connectivity index is 6.14. The molecule has 0 aliphatic heterocycles. The molecule has 79 heavy (non-hydrogen) atoms. The van der Waals surface area contributed by atoms with Crippen LogP contribution in [0.4, 0.5) is 0 Å². The number of aliphatic hydroxyl groups is 4. The van der Waals surface area contributed by atoms with Gasteiger partial charge in [-0.3, -0.25) is 57.5 Å². The number of rotatable bonds is 38. The zero-order valence-corrected chi connectivity index (χ0v) is 45.7. The van der Waals surface area contributed by atoms with E-state index in [0.29, 0.717) is 6.42 Å². The molecule has 0 aromatic heterocycles. The largest absolute Gasteiger partial charge is 0.481 e. The number of aliphatic carboxylic acids is 2. The Kier molecular flexibility index (Phi) is 32.9. The first kappa shape index (κ1) is 71.9. The number of carbonyl (C=O) groups excluding carboxylic acids is 11. The van der Waals surface area contributed by atoms with Crippen LogP contribution in [0.5, 0.6) is 0 Å². The summed E-state index contributed by atoms with van der Waals surface area (Å²) in [6.07, 6.45) is -5.91. The number of carboxylic acids is 2. The molecule has 0 bridgehead atoms. The van der Waals surface area contributed by atoms with Gasteiger partial charge in [-0.1, -0.05) is 27.7 Å². The Morgan fingerprint density at radius 3 is 1.35 bits per heavy atom. The number of primary amides is 1. The normalized spacial score (nSPS) is 16.2. The van der Waals surface area contributed by atoms with Crippen LogP contribution < -0.4 is 70.4 Å². The number of amides is 11. The molecule has 0 aromatic carbocycles. The molecule has 32 heteroatoms. The molecule has 0 radical (unpaired) electrons. The van der Waals surface area contributed by atoms with Crippen molar-refractivity contribution in [3.63, 3.8) is 0 Å². The molecule has 0 rings (SSSR count). The number of carbonyl (C=O) groups is 13. The predicted octanol–water partition coefficient (Wildman–Crippen LogP) is -8.01. The van der Waals surface area contributed by atoms with Crippen molar-refractivity contribution in [2.75, 3.05) is 19.7 Å². The molecular weight excluding hydrogens is 1050 g/mol. The van der Waals surface area contributed by atoms with E-state index in [0.717, 1.165) is 13.8 Å². The maximum Gasteiger partial charge on any atom is 0.326 e. The Morgan fingerprint density at radius 1 is 0.468 bits per heavy atom. The Labute approximate surface area is 456 Å². The van der Waals surface area contributed by atoms with Gasteiger partial charge in [0, 0.05) is 6.42 Å². The van der Waals surface area contributed by atoms with Crippen LogP contribution in [0.2, 0.25) is 0 Å². The van der Waals surface area contributed by atoms with E-state index in [1.54, 1.807) is 27.7 Å². The highest BCUT2D eigenvalue weighted by molar-refractivity contribution is 5.99. The molecule has 450 valence electrons. The summed E-state index contributed by atoms with van der Waals surface area (Å²) in [5.41, 5.74) is 16.5. The Bertz CT molecular complexity index is 2110. The van der Waals surface area contributed by atoms with Crippen molar-refractivity contribution in [2.24, 2.45) is 29.0 Å². The summed E-state index contributed by atoms with van der Waals surface area (Å²) in [6, 6.07) is -16.0. The maximum atomic E-state index is 13.8. The minimum Gasteiger partial charge on any atom is -0.481 e. The van der Waals surface area contributed by atoms with Gasteiger partial charge in [0.25, 0.3) is 0 Å². The van der Waals surface area contributed by atoms with Gasteiger partial charge in [0.1, 0.15) is 60.4 Å². The molecule has 0 aliphatic rings. The highest BCUT2D eigenvalue weighted by Crippen LogP contribution is 2.11. The summed E-state index contributed by atoms with van der Waals surface area (Å²) in [5.74, 6) is -15.0. The van der Waals surface area contributed by atoms with E-state index in [-0.39, 0.29) is 44.1 Å². The number of nitrogens with one attached hydrogen (secondary N) is 10. The molecule has 0 saturated carbocycles. The molecule has 32 nitrogen and oxygen atoms in total. The number of carboxylic acid groups (broad SMARTS) is 2. The van der Waals surface area contributed by atoms with Crippen molar-refractivity contribution in [3.8, 4) is 0 Å². The molecule has 0 unspecified atom stereocenters. The van der Waals surface area contributed by atoms with E-state index in [2.05, 4.69) is 47.9 Å². The summed E-state index contributed by atoms with van der Waals surface area (Å²) in [5, 5.41) is 81.5. The molecular formula is C47H83N13O19. The fourth-order valence-electron chi connectivity index (χ4n) is 7.10. The Morgan fingerprint density at radius 2 is 0.899 bits per heavy atom. The van der Waals surface area contributed by atoms with Crippen molar-refractivity contribution in [1.82, 2.24) is 53.2 Å².